The van der Waals surface area contributed by atoms with E-state index in [0.717, 1.165) is 10.1 Å². The SMILES string of the molecule is CC1(F)CN(C(=O)Cn2c(=O)c(C(=O)NCc3ccc(Cl)cc3)cc3c(Cl)ccnc32)C1. The van der Waals surface area contributed by atoms with Crippen molar-refractivity contribution in [2.45, 2.75) is 25.7 Å². The van der Waals surface area contributed by atoms with E-state index >= 15 is 0 Å². The molecule has 0 radical (unpaired) electrons. The van der Waals surface area contributed by atoms with Gasteiger partial charge in [-0.15, -0.1) is 0 Å². The summed E-state index contributed by atoms with van der Waals surface area (Å²) in [5.74, 6) is -1.06. The van der Waals surface area contributed by atoms with Gasteiger partial charge in [0.15, 0.2) is 0 Å². The zero-order valence-electron chi connectivity index (χ0n) is 17.1. The van der Waals surface area contributed by atoms with Crippen molar-refractivity contribution in [2.24, 2.45) is 0 Å². The van der Waals surface area contributed by atoms with Gasteiger partial charge >= 0.3 is 0 Å². The molecule has 0 bridgehead atoms. The van der Waals surface area contributed by atoms with Crippen LogP contribution in [0.2, 0.25) is 10.0 Å². The highest BCUT2D eigenvalue weighted by molar-refractivity contribution is 6.35. The van der Waals surface area contributed by atoms with Gasteiger partial charge in [0.05, 0.1) is 18.1 Å². The van der Waals surface area contributed by atoms with Gasteiger partial charge in [0, 0.05) is 23.2 Å². The van der Waals surface area contributed by atoms with Gasteiger partial charge in [0.1, 0.15) is 23.4 Å². The molecule has 3 aromatic rings. The summed E-state index contributed by atoms with van der Waals surface area (Å²) in [6.45, 7) is 1.11. The number of alkyl halides is 1. The first-order valence-electron chi connectivity index (χ1n) is 9.82. The maximum Gasteiger partial charge on any atom is 0.265 e. The molecule has 0 atom stereocenters. The molecule has 1 saturated heterocycles. The van der Waals surface area contributed by atoms with Crippen molar-refractivity contribution in [2.75, 3.05) is 13.1 Å². The largest absolute Gasteiger partial charge is 0.348 e. The second kappa shape index (κ2) is 8.52. The average Bonchev–Trinajstić information content (AvgIpc) is 2.73. The summed E-state index contributed by atoms with van der Waals surface area (Å²) in [5.41, 5.74) is -1.32. The molecule has 1 aliphatic heterocycles. The summed E-state index contributed by atoms with van der Waals surface area (Å²) in [6, 6.07) is 9.80. The summed E-state index contributed by atoms with van der Waals surface area (Å²) < 4.78 is 14.9. The number of amides is 2. The monoisotopic (exact) mass is 476 g/mol. The van der Waals surface area contributed by atoms with Crippen molar-refractivity contribution < 1.29 is 14.0 Å². The normalized spacial score (nSPS) is 14.8. The van der Waals surface area contributed by atoms with Gasteiger partial charge in [0.2, 0.25) is 5.91 Å². The predicted molar refractivity (Wildman–Crippen MR) is 120 cm³/mol. The van der Waals surface area contributed by atoms with Gasteiger partial charge in [-0.25, -0.2) is 9.37 Å². The molecule has 32 heavy (non-hydrogen) atoms. The number of nitrogens with one attached hydrogen (secondary N) is 1. The van der Waals surface area contributed by atoms with Crippen molar-refractivity contribution in [1.29, 1.82) is 0 Å². The van der Waals surface area contributed by atoms with Crippen molar-refractivity contribution in [3.63, 3.8) is 0 Å². The van der Waals surface area contributed by atoms with Crippen LogP contribution in [0.5, 0.6) is 0 Å². The van der Waals surface area contributed by atoms with E-state index in [1.165, 1.54) is 30.2 Å². The Hall–Kier alpha value is -2.97. The van der Waals surface area contributed by atoms with Gasteiger partial charge < -0.3 is 10.2 Å². The van der Waals surface area contributed by atoms with E-state index in [1.807, 2.05) is 0 Å². The lowest BCUT2D eigenvalue weighted by atomic mass is 9.99. The van der Waals surface area contributed by atoms with Crippen LogP contribution in [0.4, 0.5) is 4.39 Å². The molecule has 10 heteroatoms. The number of rotatable bonds is 5. The topological polar surface area (TPSA) is 84.3 Å². The number of hydrogen-bond acceptors (Lipinski definition) is 4. The number of aromatic nitrogens is 2. The zero-order valence-corrected chi connectivity index (χ0v) is 18.6. The fraction of sp³-hybridized carbons (Fsp3) is 0.273. The van der Waals surface area contributed by atoms with Crippen LogP contribution in [0.3, 0.4) is 0 Å². The van der Waals surface area contributed by atoms with E-state index in [9.17, 15) is 18.8 Å². The fourth-order valence-electron chi connectivity index (χ4n) is 3.59. The van der Waals surface area contributed by atoms with E-state index in [0.29, 0.717) is 10.4 Å². The predicted octanol–water partition coefficient (Wildman–Crippen LogP) is 3.20. The average molecular weight is 477 g/mol. The van der Waals surface area contributed by atoms with Gasteiger partial charge in [-0.1, -0.05) is 35.3 Å². The zero-order chi connectivity index (χ0) is 23.0. The molecule has 0 unspecified atom stereocenters. The van der Waals surface area contributed by atoms with Gasteiger partial charge in [-0.2, -0.15) is 0 Å². The summed E-state index contributed by atoms with van der Waals surface area (Å²) >= 11 is 12.1. The molecule has 166 valence electrons. The highest BCUT2D eigenvalue weighted by atomic mass is 35.5. The molecule has 1 N–H and O–H groups in total. The standard InChI is InChI=1S/C22H19Cl2FN4O3/c1-22(25)11-28(12-22)18(30)10-29-19-15(17(24)6-7-26-19)8-16(21(29)32)20(31)27-9-13-2-4-14(23)5-3-13/h2-8H,9-12H2,1H3,(H,27,31). The Bertz CT molecular complexity index is 1270. The summed E-state index contributed by atoms with van der Waals surface area (Å²) in [5, 5.41) is 3.90. The second-order valence-electron chi connectivity index (χ2n) is 7.95. The number of halogens is 3. The van der Waals surface area contributed by atoms with Gasteiger partial charge in [0.25, 0.3) is 11.5 Å². The Morgan fingerprint density at radius 1 is 1.19 bits per heavy atom. The van der Waals surface area contributed by atoms with Gasteiger partial charge in [-0.05, 0) is 36.8 Å². The molecule has 0 aliphatic carbocycles. The van der Waals surface area contributed by atoms with Crippen LogP contribution in [-0.4, -0.2) is 45.0 Å². The number of hydrogen-bond donors (Lipinski definition) is 1. The van der Waals surface area contributed by atoms with Crippen LogP contribution >= 0.6 is 23.2 Å². The lowest BCUT2D eigenvalue weighted by Crippen LogP contribution is -2.60. The fourth-order valence-corrected chi connectivity index (χ4v) is 3.91. The Balaban J connectivity index is 1.65. The first-order chi connectivity index (χ1) is 15.1. The lowest BCUT2D eigenvalue weighted by Gasteiger charge is -2.42. The van der Waals surface area contributed by atoms with Crippen LogP contribution in [0, 0.1) is 0 Å². The maximum absolute atomic E-state index is 13.8. The number of carbonyl (C=O) groups is 2. The van der Waals surface area contributed by atoms with Crippen molar-refractivity contribution in [1.82, 2.24) is 19.8 Å². The van der Waals surface area contributed by atoms with Crippen molar-refractivity contribution in [3.8, 4) is 0 Å². The first-order valence-corrected chi connectivity index (χ1v) is 10.6. The summed E-state index contributed by atoms with van der Waals surface area (Å²) in [6.07, 6.45) is 1.41. The third-order valence-corrected chi connectivity index (χ3v) is 5.82. The molecular formula is C22H19Cl2FN4O3. The van der Waals surface area contributed by atoms with E-state index in [1.54, 1.807) is 24.3 Å². The van der Waals surface area contributed by atoms with Crippen molar-refractivity contribution in [3.05, 3.63) is 74.1 Å². The maximum atomic E-state index is 13.8. The Labute approximate surface area is 192 Å². The minimum absolute atomic E-state index is 0.0476. The molecule has 4 rings (SSSR count). The molecule has 0 spiro atoms. The Morgan fingerprint density at radius 2 is 1.88 bits per heavy atom. The highest BCUT2D eigenvalue weighted by Crippen LogP contribution is 2.25. The van der Waals surface area contributed by atoms with E-state index < -0.39 is 23.0 Å². The summed E-state index contributed by atoms with van der Waals surface area (Å²) in [7, 11) is 0. The quantitative estimate of drug-likeness (QED) is 0.612. The number of benzene rings is 1. The van der Waals surface area contributed by atoms with Crippen molar-refractivity contribution >= 4 is 46.0 Å². The number of fused-ring (bicyclic) bond motifs is 1. The number of nitrogens with zero attached hydrogens (tertiary/aromatic N) is 3. The van der Waals surface area contributed by atoms with Crippen LogP contribution in [0.25, 0.3) is 11.0 Å². The highest BCUT2D eigenvalue weighted by Gasteiger charge is 2.41. The molecule has 1 aromatic carbocycles. The number of pyridine rings is 2. The number of carbonyl (C=O) groups excluding carboxylic acids is 2. The van der Waals surface area contributed by atoms with Crippen LogP contribution in [0.15, 0.2) is 47.4 Å². The Kier molecular flexibility index (Phi) is 5.92. The molecule has 2 amide bonds. The lowest BCUT2D eigenvalue weighted by molar-refractivity contribution is -0.144. The third-order valence-electron chi connectivity index (χ3n) is 5.23. The molecule has 1 aliphatic rings. The van der Waals surface area contributed by atoms with Gasteiger partial charge in [-0.3, -0.25) is 19.0 Å². The smallest absolute Gasteiger partial charge is 0.265 e. The minimum Gasteiger partial charge on any atom is -0.348 e. The van der Waals surface area contributed by atoms with E-state index in [4.69, 9.17) is 23.2 Å². The van der Waals surface area contributed by atoms with Crippen LogP contribution in [-0.2, 0) is 17.9 Å². The first kappa shape index (κ1) is 22.2. The molecule has 2 aromatic heterocycles. The second-order valence-corrected chi connectivity index (χ2v) is 8.80. The van der Waals surface area contributed by atoms with Crippen LogP contribution in [0.1, 0.15) is 22.8 Å². The Morgan fingerprint density at radius 3 is 2.53 bits per heavy atom. The molecule has 3 heterocycles. The van der Waals surface area contributed by atoms with E-state index in [-0.39, 0.29) is 42.4 Å². The summed E-state index contributed by atoms with van der Waals surface area (Å²) in [4.78, 5) is 44.1. The third kappa shape index (κ3) is 4.47. The molecular weight excluding hydrogens is 458 g/mol. The molecule has 1 fully saturated rings. The molecule has 0 saturated carbocycles. The van der Waals surface area contributed by atoms with E-state index in [2.05, 4.69) is 10.3 Å². The van der Waals surface area contributed by atoms with Crippen LogP contribution < -0.4 is 10.9 Å². The number of likely N-dealkylation sites (tertiary alicyclic amines) is 1. The minimum atomic E-state index is -1.44. The molecule has 7 nitrogen and oxygen atoms in total.